The maximum absolute atomic E-state index is 12.8. The summed E-state index contributed by atoms with van der Waals surface area (Å²) < 4.78 is 12.2. The van der Waals surface area contributed by atoms with E-state index in [9.17, 15) is 4.79 Å². The molecule has 2 saturated heterocycles. The molecule has 0 aliphatic carbocycles. The van der Waals surface area contributed by atoms with Crippen molar-refractivity contribution in [2.45, 2.75) is 45.0 Å². The van der Waals surface area contributed by atoms with E-state index in [1.165, 1.54) is 0 Å². The van der Waals surface area contributed by atoms with Crippen molar-refractivity contribution in [3.8, 4) is 0 Å². The second-order valence-corrected chi connectivity index (χ2v) is 7.85. The molecule has 0 bridgehead atoms. The van der Waals surface area contributed by atoms with Crippen LogP contribution in [0.5, 0.6) is 0 Å². The van der Waals surface area contributed by atoms with Crippen LogP contribution in [0.1, 0.15) is 39.9 Å². The number of likely N-dealkylation sites (tertiary alicyclic amines) is 1. The van der Waals surface area contributed by atoms with Gasteiger partial charge in [0.2, 0.25) is 0 Å². The van der Waals surface area contributed by atoms with Crippen molar-refractivity contribution < 1.29 is 14.3 Å². The molecule has 5 nitrogen and oxygen atoms in total. The number of aryl methyl sites for hydroxylation is 2. The van der Waals surface area contributed by atoms with Crippen LogP contribution in [0.3, 0.4) is 0 Å². The van der Waals surface area contributed by atoms with E-state index in [1.54, 1.807) is 12.4 Å². The van der Waals surface area contributed by atoms with Crippen molar-refractivity contribution in [2.75, 3.05) is 19.7 Å². The van der Waals surface area contributed by atoms with Gasteiger partial charge in [0.1, 0.15) is 5.60 Å². The molecule has 3 heterocycles. The highest BCUT2D eigenvalue weighted by Gasteiger charge is 2.49. The molecular formula is C22H26N2O3. The molecule has 0 N–H and O–H groups in total. The van der Waals surface area contributed by atoms with Gasteiger partial charge in [0.15, 0.2) is 0 Å². The van der Waals surface area contributed by atoms with E-state index >= 15 is 0 Å². The van der Waals surface area contributed by atoms with E-state index in [1.807, 2.05) is 43.0 Å². The van der Waals surface area contributed by atoms with Crippen LogP contribution in [-0.4, -0.2) is 47.2 Å². The quantitative estimate of drug-likeness (QED) is 0.833. The number of nitrogens with zero attached hydrogens (tertiary/aromatic N) is 2. The molecule has 2 aromatic rings. The lowest BCUT2D eigenvalue weighted by atomic mass is 9.84. The number of benzene rings is 1. The second-order valence-electron chi connectivity index (χ2n) is 7.85. The molecule has 1 aromatic heterocycles. The van der Waals surface area contributed by atoms with E-state index in [4.69, 9.17) is 9.47 Å². The van der Waals surface area contributed by atoms with Crippen molar-refractivity contribution in [2.24, 2.45) is 0 Å². The molecular weight excluding hydrogens is 340 g/mol. The van der Waals surface area contributed by atoms with Gasteiger partial charge in [-0.05, 0) is 50.1 Å². The lowest BCUT2D eigenvalue weighted by Crippen LogP contribution is -2.67. The monoisotopic (exact) mass is 366 g/mol. The molecule has 142 valence electrons. The predicted molar refractivity (Wildman–Crippen MR) is 103 cm³/mol. The summed E-state index contributed by atoms with van der Waals surface area (Å²) in [5.74, 6) is 0.0934. The standard InChI is InChI=1S/C22H26N2O3/c1-16-9-17(2)11-19(10-16)21(25)24-14-22(15-24)12-20(5-8-27-22)26-13-18-3-6-23-7-4-18/h3-4,6-7,9-11,20H,5,8,12-15H2,1-2H3/t20-/m0/s1. The summed E-state index contributed by atoms with van der Waals surface area (Å²) >= 11 is 0. The zero-order chi connectivity index (χ0) is 18.9. The smallest absolute Gasteiger partial charge is 0.254 e. The molecule has 2 aliphatic heterocycles. The number of carbonyl (C=O) groups excluding carboxylic acids is 1. The summed E-state index contributed by atoms with van der Waals surface area (Å²) in [5.41, 5.74) is 3.89. The summed E-state index contributed by atoms with van der Waals surface area (Å²) in [7, 11) is 0. The van der Waals surface area contributed by atoms with Gasteiger partial charge in [-0.3, -0.25) is 9.78 Å². The molecule has 1 amide bonds. The van der Waals surface area contributed by atoms with E-state index < -0.39 is 0 Å². The fourth-order valence-corrected chi connectivity index (χ4v) is 4.11. The third-order valence-electron chi connectivity index (χ3n) is 5.40. The highest BCUT2D eigenvalue weighted by atomic mass is 16.5. The van der Waals surface area contributed by atoms with Gasteiger partial charge in [-0.2, -0.15) is 0 Å². The molecule has 0 unspecified atom stereocenters. The van der Waals surface area contributed by atoms with E-state index in [0.717, 1.165) is 35.1 Å². The molecule has 1 aromatic carbocycles. The molecule has 2 aliphatic rings. The van der Waals surface area contributed by atoms with Crippen LogP contribution < -0.4 is 0 Å². The summed E-state index contributed by atoms with van der Waals surface area (Å²) in [6.45, 7) is 6.62. The van der Waals surface area contributed by atoms with Crippen molar-refractivity contribution in [1.29, 1.82) is 0 Å². The Hall–Kier alpha value is -2.24. The molecule has 1 atom stereocenters. The Kier molecular flexibility index (Phi) is 4.98. The molecule has 4 rings (SSSR count). The molecule has 27 heavy (non-hydrogen) atoms. The average molecular weight is 366 g/mol. The first-order valence-electron chi connectivity index (χ1n) is 9.55. The van der Waals surface area contributed by atoms with Crippen LogP contribution >= 0.6 is 0 Å². The molecule has 5 heteroatoms. The van der Waals surface area contributed by atoms with Crippen molar-refractivity contribution in [3.05, 3.63) is 65.0 Å². The Morgan fingerprint density at radius 3 is 2.63 bits per heavy atom. The zero-order valence-electron chi connectivity index (χ0n) is 16.0. The SMILES string of the molecule is Cc1cc(C)cc(C(=O)N2CC3(C[C@@H](OCc4ccncc4)CCO3)C2)c1. The first-order chi connectivity index (χ1) is 13.0. The highest BCUT2D eigenvalue weighted by molar-refractivity contribution is 5.95. The Labute approximate surface area is 160 Å². The third-order valence-corrected chi connectivity index (χ3v) is 5.40. The van der Waals surface area contributed by atoms with Gasteiger partial charge in [-0.1, -0.05) is 17.2 Å². The number of aromatic nitrogens is 1. The van der Waals surface area contributed by atoms with E-state index in [0.29, 0.717) is 26.3 Å². The Bertz CT molecular complexity index is 795. The van der Waals surface area contributed by atoms with Crippen LogP contribution in [0.15, 0.2) is 42.7 Å². The van der Waals surface area contributed by atoms with Gasteiger partial charge >= 0.3 is 0 Å². The fourth-order valence-electron chi connectivity index (χ4n) is 4.11. The molecule has 0 saturated carbocycles. The van der Waals surface area contributed by atoms with Crippen LogP contribution in [0.4, 0.5) is 0 Å². The Morgan fingerprint density at radius 2 is 1.93 bits per heavy atom. The second kappa shape index (κ2) is 7.41. The van der Waals surface area contributed by atoms with Crippen LogP contribution in [-0.2, 0) is 16.1 Å². The Morgan fingerprint density at radius 1 is 1.22 bits per heavy atom. The van der Waals surface area contributed by atoms with Gasteiger partial charge in [0, 0.05) is 31.0 Å². The lowest BCUT2D eigenvalue weighted by molar-refractivity contribution is -0.188. The molecule has 0 radical (unpaired) electrons. The number of amides is 1. The number of hydrogen-bond donors (Lipinski definition) is 0. The highest BCUT2D eigenvalue weighted by Crippen LogP contribution is 2.36. The number of rotatable bonds is 4. The number of ether oxygens (including phenoxy) is 2. The van der Waals surface area contributed by atoms with E-state index in [-0.39, 0.29) is 17.6 Å². The lowest BCUT2D eigenvalue weighted by Gasteiger charge is -2.53. The summed E-state index contributed by atoms with van der Waals surface area (Å²) in [6.07, 6.45) is 5.48. The Balaban J connectivity index is 1.33. The minimum Gasteiger partial charge on any atom is -0.373 e. The van der Waals surface area contributed by atoms with Crippen LogP contribution in [0, 0.1) is 13.8 Å². The fraction of sp³-hybridized carbons (Fsp3) is 0.455. The van der Waals surface area contributed by atoms with Gasteiger partial charge < -0.3 is 14.4 Å². The maximum Gasteiger partial charge on any atom is 0.254 e. The molecule has 1 spiro atoms. The van der Waals surface area contributed by atoms with Gasteiger partial charge in [-0.25, -0.2) is 0 Å². The van der Waals surface area contributed by atoms with Crippen molar-refractivity contribution in [1.82, 2.24) is 9.88 Å². The largest absolute Gasteiger partial charge is 0.373 e. The molecule has 2 fully saturated rings. The number of hydrogen-bond acceptors (Lipinski definition) is 4. The van der Waals surface area contributed by atoms with Crippen molar-refractivity contribution in [3.63, 3.8) is 0 Å². The first kappa shape index (κ1) is 18.1. The van der Waals surface area contributed by atoms with Gasteiger partial charge in [0.05, 0.1) is 25.8 Å². The van der Waals surface area contributed by atoms with Crippen LogP contribution in [0.2, 0.25) is 0 Å². The summed E-state index contributed by atoms with van der Waals surface area (Å²) in [6, 6.07) is 9.96. The summed E-state index contributed by atoms with van der Waals surface area (Å²) in [5, 5.41) is 0. The first-order valence-corrected chi connectivity index (χ1v) is 9.55. The summed E-state index contributed by atoms with van der Waals surface area (Å²) in [4.78, 5) is 18.7. The average Bonchev–Trinajstić information content (AvgIpc) is 2.64. The maximum atomic E-state index is 12.8. The normalized spacial score (nSPS) is 21.1. The van der Waals surface area contributed by atoms with Crippen molar-refractivity contribution >= 4 is 5.91 Å². The van der Waals surface area contributed by atoms with Gasteiger partial charge in [0.25, 0.3) is 5.91 Å². The minimum atomic E-state index is -0.240. The number of carbonyl (C=O) groups is 1. The third kappa shape index (κ3) is 4.04. The topological polar surface area (TPSA) is 51.7 Å². The zero-order valence-corrected chi connectivity index (χ0v) is 16.0. The van der Waals surface area contributed by atoms with E-state index in [2.05, 4.69) is 11.1 Å². The number of pyridine rings is 1. The van der Waals surface area contributed by atoms with Crippen LogP contribution in [0.25, 0.3) is 0 Å². The minimum absolute atomic E-state index is 0.0934. The van der Waals surface area contributed by atoms with Gasteiger partial charge in [-0.15, -0.1) is 0 Å². The predicted octanol–water partition coefficient (Wildman–Crippen LogP) is 3.29.